The summed E-state index contributed by atoms with van der Waals surface area (Å²) in [6.45, 7) is 1.62. The Labute approximate surface area is 134 Å². The van der Waals surface area contributed by atoms with Gasteiger partial charge in [0.05, 0.1) is 23.9 Å². The first-order valence-electron chi connectivity index (χ1n) is 7.21. The second-order valence-electron chi connectivity index (χ2n) is 5.13. The van der Waals surface area contributed by atoms with Gasteiger partial charge in [0.2, 0.25) is 0 Å². The molecule has 0 saturated carbocycles. The smallest absolute Gasteiger partial charge is 0.322 e. The van der Waals surface area contributed by atoms with Gasteiger partial charge in [0, 0.05) is 6.54 Å². The van der Waals surface area contributed by atoms with Crippen molar-refractivity contribution < 1.29 is 9.53 Å². The molecule has 1 fully saturated rings. The van der Waals surface area contributed by atoms with Crippen LogP contribution in [0.1, 0.15) is 11.7 Å². The lowest BCUT2D eigenvalue weighted by Gasteiger charge is -2.33. The van der Waals surface area contributed by atoms with E-state index in [0.717, 1.165) is 5.56 Å². The average molecular weight is 317 g/mol. The molecule has 0 radical (unpaired) electrons. The number of carbonyl (C=O) groups excluding carboxylic acids is 1. The fourth-order valence-corrected chi connectivity index (χ4v) is 2.64. The summed E-state index contributed by atoms with van der Waals surface area (Å²) in [6.07, 6.45) is -0.0908. The maximum Gasteiger partial charge on any atom is 0.322 e. The molecule has 2 aromatic rings. The summed E-state index contributed by atoms with van der Waals surface area (Å²) in [4.78, 5) is 14.2. The second kappa shape index (κ2) is 6.81. The summed E-state index contributed by atoms with van der Waals surface area (Å²) >= 11 is 6.07. The van der Waals surface area contributed by atoms with Crippen molar-refractivity contribution in [3.05, 3.63) is 65.2 Å². The third kappa shape index (κ3) is 3.40. The van der Waals surface area contributed by atoms with Gasteiger partial charge in [-0.2, -0.15) is 0 Å². The number of para-hydroxylation sites is 1. The topological polar surface area (TPSA) is 41.6 Å². The highest BCUT2D eigenvalue weighted by molar-refractivity contribution is 6.33. The SMILES string of the molecule is O=C(Nc1ccccc1Cl)N1CCOC(c2ccccc2)C1. The van der Waals surface area contributed by atoms with Gasteiger partial charge in [0.25, 0.3) is 0 Å². The van der Waals surface area contributed by atoms with Crippen LogP contribution >= 0.6 is 11.6 Å². The van der Waals surface area contributed by atoms with Gasteiger partial charge >= 0.3 is 6.03 Å². The molecular weight excluding hydrogens is 300 g/mol. The predicted octanol–water partition coefficient (Wildman–Crippen LogP) is 3.95. The van der Waals surface area contributed by atoms with Gasteiger partial charge in [0.1, 0.15) is 6.10 Å². The van der Waals surface area contributed by atoms with E-state index in [9.17, 15) is 4.79 Å². The van der Waals surface area contributed by atoms with Crippen LogP contribution < -0.4 is 5.32 Å². The van der Waals surface area contributed by atoms with Crippen LogP contribution in [0.3, 0.4) is 0 Å². The molecule has 1 heterocycles. The van der Waals surface area contributed by atoms with Gasteiger partial charge in [-0.1, -0.05) is 54.1 Å². The van der Waals surface area contributed by atoms with E-state index < -0.39 is 0 Å². The molecule has 4 nitrogen and oxygen atoms in total. The Morgan fingerprint density at radius 3 is 2.64 bits per heavy atom. The maximum atomic E-state index is 12.4. The number of morpholine rings is 1. The molecule has 5 heteroatoms. The number of rotatable bonds is 2. The van der Waals surface area contributed by atoms with E-state index in [1.807, 2.05) is 42.5 Å². The number of hydrogen-bond acceptors (Lipinski definition) is 2. The molecule has 2 aromatic carbocycles. The lowest BCUT2D eigenvalue weighted by atomic mass is 10.1. The number of carbonyl (C=O) groups is 1. The number of nitrogens with zero attached hydrogens (tertiary/aromatic N) is 1. The molecule has 1 aliphatic rings. The molecule has 3 rings (SSSR count). The molecule has 1 unspecified atom stereocenters. The normalized spacial score (nSPS) is 18.0. The van der Waals surface area contributed by atoms with Crippen molar-refractivity contribution in [1.82, 2.24) is 4.90 Å². The van der Waals surface area contributed by atoms with Crippen LogP contribution in [0.2, 0.25) is 5.02 Å². The Morgan fingerprint density at radius 1 is 1.14 bits per heavy atom. The Hall–Kier alpha value is -2.04. The van der Waals surface area contributed by atoms with Gasteiger partial charge in [-0.3, -0.25) is 0 Å². The molecule has 22 heavy (non-hydrogen) atoms. The van der Waals surface area contributed by atoms with Crippen molar-refractivity contribution in [1.29, 1.82) is 0 Å². The number of amides is 2. The molecule has 1 N–H and O–H groups in total. The zero-order valence-electron chi connectivity index (χ0n) is 12.0. The van der Waals surface area contributed by atoms with E-state index in [2.05, 4.69) is 5.32 Å². The Morgan fingerprint density at radius 2 is 1.86 bits per heavy atom. The molecule has 1 atom stereocenters. The molecule has 114 valence electrons. The summed E-state index contributed by atoms with van der Waals surface area (Å²) in [7, 11) is 0. The van der Waals surface area contributed by atoms with Crippen LogP contribution in [0.5, 0.6) is 0 Å². The highest BCUT2D eigenvalue weighted by atomic mass is 35.5. The van der Waals surface area contributed by atoms with Gasteiger partial charge in [-0.25, -0.2) is 4.79 Å². The Kier molecular flexibility index (Phi) is 4.61. The van der Waals surface area contributed by atoms with Crippen molar-refractivity contribution in [2.24, 2.45) is 0 Å². The highest BCUT2D eigenvalue weighted by Crippen LogP contribution is 2.24. The van der Waals surface area contributed by atoms with Crippen molar-refractivity contribution in [3.63, 3.8) is 0 Å². The molecule has 0 aromatic heterocycles. The molecule has 1 aliphatic heterocycles. The maximum absolute atomic E-state index is 12.4. The molecule has 0 spiro atoms. The van der Waals surface area contributed by atoms with Crippen LogP contribution in [-0.4, -0.2) is 30.6 Å². The molecule has 1 saturated heterocycles. The zero-order chi connectivity index (χ0) is 15.4. The zero-order valence-corrected chi connectivity index (χ0v) is 12.8. The van der Waals surface area contributed by atoms with Crippen molar-refractivity contribution >= 4 is 23.3 Å². The Balaban J connectivity index is 1.67. The first kappa shape index (κ1) is 14.9. The summed E-state index contributed by atoms with van der Waals surface area (Å²) in [5, 5.41) is 3.38. The van der Waals surface area contributed by atoms with E-state index in [1.165, 1.54) is 0 Å². The van der Waals surface area contributed by atoms with E-state index in [-0.39, 0.29) is 12.1 Å². The van der Waals surface area contributed by atoms with Crippen molar-refractivity contribution in [2.45, 2.75) is 6.10 Å². The van der Waals surface area contributed by atoms with Crippen molar-refractivity contribution in [3.8, 4) is 0 Å². The van der Waals surface area contributed by atoms with Crippen LogP contribution in [0, 0.1) is 0 Å². The number of hydrogen-bond donors (Lipinski definition) is 1. The summed E-state index contributed by atoms with van der Waals surface area (Å²) in [6, 6.07) is 17.0. The minimum absolute atomic E-state index is 0.0908. The number of anilines is 1. The quantitative estimate of drug-likeness (QED) is 0.911. The lowest BCUT2D eigenvalue weighted by Crippen LogP contribution is -2.44. The molecule has 2 amide bonds. The molecular formula is C17H17ClN2O2. The lowest BCUT2D eigenvalue weighted by molar-refractivity contribution is -0.0135. The Bertz CT molecular complexity index is 648. The van der Waals surface area contributed by atoms with Gasteiger partial charge in [-0.05, 0) is 17.7 Å². The summed E-state index contributed by atoms with van der Waals surface area (Å²) in [5.74, 6) is 0. The third-order valence-corrected chi connectivity index (χ3v) is 3.97. The fourth-order valence-electron chi connectivity index (χ4n) is 2.46. The third-order valence-electron chi connectivity index (χ3n) is 3.64. The summed E-state index contributed by atoms with van der Waals surface area (Å²) < 4.78 is 5.77. The minimum Gasteiger partial charge on any atom is -0.370 e. The fraction of sp³-hybridized carbons (Fsp3) is 0.235. The van der Waals surface area contributed by atoms with E-state index in [1.54, 1.807) is 17.0 Å². The average Bonchev–Trinajstić information content (AvgIpc) is 2.58. The number of nitrogens with one attached hydrogen (secondary N) is 1. The van der Waals surface area contributed by atoms with E-state index >= 15 is 0 Å². The second-order valence-corrected chi connectivity index (χ2v) is 5.53. The van der Waals surface area contributed by atoms with E-state index in [4.69, 9.17) is 16.3 Å². The van der Waals surface area contributed by atoms with Gasteiger partial charge < -0.3 is 15.0 Å². The van der Waals surface area contributed by atoms with Crippen LogP contribution in [-0.2, 0) is 4.74 Å². The highest BCUT2D eigenvalue weighted by Gasteiger charge is 2.25. The van der Waals surface area contributed by atoms with Gasteiger partial charge in [0.15, 0.2) is 0 Å². The van der Waals surface area contributed by atoms with Gasteiger partial charge in [-0.15, -0.1) is 0 Å². The molecule has 0 bridgehead atoms. The number of halogens is 1. The van der Waals surface area contributed by atoms with E-state index in [0.29, 0.717) is 30.4 Å². The van der Waals surface area contributed by atoms with Crippen molar-refractivity contribution in [2.75, 3.05) is 25.0 Å². The number of benzene rings is 2. The first-order valence-corrected chi connectivity index (χ1v) is 7.59. The number of urea groups is 1. The van der Waals surface area contributed by atoms with Crippen LogP contribution in [0.4, 0.5) is 10.5 Å². The summed E-state index contributed by atoms with van der Waals surface area (Å²) in [5.41, 5.74) is 1.70. The largest absolute Gasteiger partial charge is 0.370 e. The molecule has 0 aliphatic carbocycles. The standard InChI is InChI=1S/C17H17ClN2O2/c18-14-8-4-5-9-15(14)19-17(21)20-10-11-22-16(12-20)13-6-2-1-3-7-13/h1-9,16H,10-12H2,(H,19,21). The van der Waals surface area contributed by atoms with Crippen LogP contribution in [0.15, 0.2) is 54.6 Å². The predicted molar refractivity (Wildman–Crippen MR) is 87.2 cm³/mol. The van der Waals surface area contributed by atoms with Crippen LogP contribution in [0.25, 0.3) is 0 Å². The minimum atomic E-state index is -0.155. The first-order chi connectivity index (χ1) is 10.7. The monoisotopic (exact) mass is 316 g/mol. The number of ether oxygens (including phenoxy) is 1.